The van der Waals surface area contributed by atoms with Crippen molar-refractivity contribution in [3.63, 3.8) is 0 Å². The Morgan fingerprint density at radius 3 is 3.33 bits per heavy atom. The van der Waals surface area contributed by atoms with E-state index in [4.69, 9.17) is 4.74 Å². The van der Waals surface area contributed by atoms with E-state index >= 15 is 0 Å². The second kappa shape index (κ2) is 4.29. The van der Waals surface area contributed by atoms with Gasteiger partial charge in [0.2, 0.25) is 0 Å². The molecule has 1 aliphatic rings. The van der Waals surface area contributed by atoms with Gasteiger partial charge in [0.15, 0.2) is 0 Å². The van der Waals surface area contributed by atoms with Crippen molar-refractivity contribution in [2.24, 2.45) is 0 Å². The molecule has 0 radical (unpaired) electrons. The maximum Gasteiger partial charge on any atom is 0.339 e. The lowest BCUT2D eigenvalue weighted by Crippen LogP contribution is -2.15. The zero-order valence-electron chi connectivity index (χ0n) is 8.75. The Kier molecular flexibility index (Phi) is 2.85. The monoisotopic (exact) mass is 206 g/mol. The van der Waals surface area contributed by atoms with E-state index in [1.807, 2.05) is 6.07 Å². The molecule has 0 saturated carbocycles. The molecule has 0 amide bonds. The Morgan fingerprint density at radius 2 is 2.53 bits per heavy atom. The van der Waals surface area contributed by atoms with E-state index in [1.165, 1.54) is 0 Å². The SMILES string of the molecule is CCOC(=O)c1cnc2c(c1)NCCC2. The third kappa shape index (κ3) is 2.09. The number of nitrogens with zero attached hydrogens (tertiary/aromatic N) is 1. The maximum absolute atomic E-state index is 11.4. The first kappa shape index (κ1) is 9.96. The summed E-state index contributed by atoms with van der Waals surface area (Å²) in [6.45, 7) is 3.13. The van der Waals surface area contributed by atoms with Crippen LogP contribution in [0, 0.1) is 0 Å². The van der Waals surface area contributed by atoms with E-state index in [9.17, 15) is 4.79 Å². The van der Waals surface area contributed by atoms with Gasteiger partial charge in [-0.1, -0.05) is 0 Å². The van der Waals surface area contributed by atoms with Crippen LogP contribution in [-0.2, 0) is 11.2 Å². The van der Waals surface area contributed by atoms with Gasteiger partial charge in [-0.05, 0) is 25.8 Å². The van der Waals surface area contributed by atoms with E-state index in [-0.39, 0.29) is 5.97 Å². The molecule has 0 aromatic carbocycles. The minimum atomic E-state index is -0.305. The molecule has 0 spiro atoms. The second-order valence-corrected chi connectivity index (χ2v) is 3.47. The third-order valence-corrected chi connectivity index (χ3v) is 2.39. The Hall–Kier alpha value is -1.58. The van der Waals surface area contributed by atoms with Crippen molar-refractivity contribution in [2.45, 2.75) is 19.8 Å². The fourth-order valence-corrected chi connectivity index (χ4v) is 1.65. The number of fused-ring (bicyclic) bond motifs is 1. The molecule has 0 atom stereocenters. The summed E-state index contributed by atoms with van der Waals surface area (Å²) in [7, 11) is 0. The highest BCUT2D eigenvalue weighted by Crippen LogP contribution is 2.20. The standard InChI is InChI=1S/C11H14N2O2/c1-2-15-11(14)8-6-10-9(13-7-8)4-3-5-12-10/h6-7,12H,2-5H2,1H3. The van der Waals surface area contributed by atoms with Crippen LogP contribution in [0.15, 0.2) is 12.3 Å². The van der Waals surface area contributed by atoms with Crippen LogP contribution in [0.3, 0.4) is 0 Å². The molecule has 2 rings (SSSR count). The van der Waals surface area contributed by atoms with Gasteiger partial charge in [-0.3, -0.25) is 4.98 Å². The predicted molar refractivity (Wildman–Crippen MR) is 57.0 cm³/mol. The average Bonchev–Trinajstić information content (AvgIpc) is 2.29. The Labute approximate surface area is 88.7 Å². The minimum Gasteiger partial charge on any atom is -0.462 e. The summed E-state index contributed by atoms with van der Waals surface area (Å²) in [5.41, 5.74) is 2.52. The molecule has 0 fully saturated rings. The molecule has 1 aliphatic heterocycles. The van der Waals surface area contributed by atoms with Gasteiger partial charge in [0.05, 0.1) is 23.6 Å². The Balaban J connectivity index is 2.24. The van der Waals surface area contributed by atoms with Crippen LogP contribution in [0.1, 0.15) is 29.4 Å². The van der Waals surface area contributed by atoms with Crippen molar-refractivity contribution in [3.05, 3.63) is 23.5 Å². The lowest BCUT2D eigenvalue weighted by Gasteiger charge is -2.17. The van der Waals surface area contributed by atoms with Crippen LogP contribution < -0.4 is 5.32 Å². The number of anilines is 1. The van der Waals surface area contributed by atoms with E-state index in [2.05, 4.69) is 10.3 Å². The first-order valence-corrected chi connectivity index (χ1v) is 5.21. The summed E-state index contributed by atoms with van der Waals surface area (Å²) in [6.07, 6.45) is 3.66. The van der Waals surface area contributed by atoms with Crippen molar-refractivity contribution in [1.29, 1.82) is 0 Å². The molecule has 80 valence electrons. The molecule has 2 heterocycles. The summed E-state index contributed by atoms with van der Waals surface area (Å²) in [5, 5.41) is 3.23. The number of pyridine rings is 1. The molecule has 1 aromatic heterocycles. The van der Waals surface area contributed by atoms with E-state index in [1.54, 1.807) is 13.1 Å². The van der Waals surface area contributed by atoms with E-state index in [0.29, 0.717) is 12.2 Å². The van der Waals surface area contributed by atoms with Crippen LogP contribution in [0.25, 0.3) is 0 Å². The highest BCUT2D eigenvalue weighted by atomic mass is 16.5. The second-order valence-electron chi connectivity index (χ2n) is 3.47. The maximum atomic E-state index is 11.4. The van der Waals surface area contributed by atoms with E-state index < -0.39 is 0 Å². The number of ether oxygens (including phenoxy) is 1. The van der Waals surface area contributed by atoms with Crippen LogP contribution in [0.5, 0.6) is 0 Å². The zero-order valence-corrected chi connectivity index (χ0v) is 8.75. The lowest BCUT2D eigenvalue weighted by molar-refractivity contribution is 0.0526. The number of hydrogen-bond acceptors (Lipinski definition) is 4. The van der Waals surface area contributed by atoms with Crippen LogP contribution in [0.4, 0.5) is 5.69 Å². The molecule has 4 heteroatoms. The number of esters is 1. The summed E-state index contributed by atoms with van der Waals surface area (Å²) in [4.78, 5) is 15.7. The topological polar surface area (TPSA) is 51.2 Å². The van der Waals surface area contributed by atoms with Gasteiger partial charge >= 0.3 is 5.97 Å². The van der Waals surface area contributed by atoms with Gasteiger partial charge in [-0.15, -0.1) is 0 Å². The fraction of sp³-hybridized carbons (Fsp3) is 0.455. The van der Waals surface area contributed by atoms with E-state index in [0.717, 1.165) is 30.8 Å². The molecule has 1 aromatic rings. The highest BCUT2D eigenvalue weighted by Gasteiger charge is 2.13. The molecule has 0 saturated heterocycles. The zero-order chi connectivity index (χ0) is 10.7. The van der Waals surface area contributed by atoms with Crippen molar-refractivity contribution in [3.8, 4) is 0 Å². The van der Waals surface area contributed by atoms with Crippen molar-refractivity contribution >= 4 is 11.7 Å². The quantitative estimate of drug-likeness (QED) is 0.747. The van der Waals surface area contributed by atoms with Gasteiger partial charge in [0.1, 0.15) is 0 Å². The largest absolute Gasteiger partial charge is 0.462 e. The van der Waals surface area contributed by atoms with Crippen molar-refractivity contribution < 1.29 is 9.53 Å². The Morgan fingerprint density at radius 1 is 1.67 bits per heavy atom. The van der Waals surface area contributed by atoms with Crippen LogP contribution in [0.2, 0.25) is 0 Å². The van der Waals surface area contributed by atoms with Gasteiger partial charge in [-0.25, -0.2) is 4.79 Å². The number of hydrogen-bond donors (Lipinski definition) is 1. The highest BCUT2D eigenvalue weighted by molar-refractivity contribution is 5.90. The number of carbonyl (C=O) groups excluding carboxylic acids is 1. The number of aromatic nitrogens is 1. The number of nitrogens with one attached hydrogen (secondary N) is 1. The summed E-state index contributed by atoms with van der Waals surface area (Å²) < 4.78 is 4.91. The van der Waals surface area contributed by atoms with Crippen molar-refractivity contribution in [1.82, 2.24) is 4.98 Å². The van der Waals surface area contributed by atoms with Crippen LogP contribution in [-0.4, -0.2) is 24.1 Å². The first-order chi connectivity index (χ1) is 7.31. The molecular formula is C11H14N2O2. The fourth-order valence-electron chi connectivity index (χ4n) is 1.65. The molecule has 15 heavy (non-hydrogen) atoms. The summed E-state index contributed by atoms with van der Waals surface area (Å²) in [5.74, 6) is -0.305. The Bertz CT molecular complexity index is 377. The number of carbonyl (C=O) groups is 1. The first-order valence-electron chi connectivity index (χ1n) is 5.21. The molecule has 0 aliphatic carbocycles. The number of rotatable bonds is 2. The number of aryl methyl sites for hydroxylation is 1. The molecule has 1 N–H and O–H groups in total. The van der Waals surface area contributed by atoms with Gasteiger partial charge in [-0.2, -0.15) is 0 Å². The third-order valence-electron chi connectivity index (χ3n) is 2.39. The molecular weight excluding hydrogens is 192 g/mol. The smallest absolute Gasteiger partial charge is 0.339 e. The molecule has 0 unspecified atom stereocenters. The van der Waals surface area contributed by atoms with Gasteiger partial charge in [0.25, 0.3) is 0 Å². The van der Waals surface area contributed by atoms with Crippen molar-refractivity contribution in [2.75, 3.05) is 18.5 Å². The molecule has 0 bridgehead atoms. The van der Waals surface area contributed by atoms with Gasteiger partial charge < -0.3 is 10.1 Å². The van der Waals surface area contributed by atoms with Gasteiger partial charge in [0, 0.05) is 12.7 Å². The average molecular weight is 206 g/mol. The normalized spacial score (nSPS) is 13.9. The van der Waals surface area contributed by atoms with Crippen LogP contribution >= 0.6 is 0 Å². The summed E-state index contributed by atoms with van der Waals surface area (Å²) >= 11 is 0. The lowest BCUT2D eigenvalue weighted by atomic mass is 10.1. The predicted octanol–water partition coefficient (Wildman–Crippen LogP) is 1.62. The minimum absolute atomic E-state index is 0.305. The molecule has 4 nitrogen and oxygen atoms in total. The summed E-state index contributed by atoms with van der Waals surface area (Å²) in [6, 6.07) is 1.82.